The molecule has 0 spiro atoms. The molecular weight excluding hydrogens is 783 g/mol. The number of para-hydroxylation sites is 2. The summed E-state index contributed by atoms with van der Waals surface area (Å²) in [7, 11) is 0. The molecule has 0 fully saturated rings. The van der Waals surface area contributed by atoms with Crippen molar-refractivity contribution in [3.8, 4) is 0 Å². The van der Waals surface area contributed by atoms with E-state index in [-0.39, 0.29) is 32.5 Å². The molecule has 58 heavy (non-hydrogen) atoms. The average molecular weight is 820 g/mol. The molecule has 0 aliphatic carbocycles. The first-order valence-electron chi connectivity index (χ1n) is 17.6. The standard InChI is InChI=1S/C42H36Cl2N8O6/c1-23-24(2)36(48-42(58)38(26(4)54)52-50-30-16-18-34(44)32(22-30)40(56)46-28-13-9-6-10-14-28)20-19-35(23)47-41(57)37(25(3)53)51-49-29-15-17-33(43)31(21-29)39(55)45-27-11-7-5-8-12-27/h5-22,37-38H,1-4H3,(H,45,55)(H,46,56)(H,47,57)(H,48,58). The summed E-state index contributed by atoms with van der Waals surface area (Å²) in [6.45, 7) is 5.76. The molecule has 0 saturated heterocycles. The van der Waals surface area contributed by atoms with Crippen LogP contribution < -0.4 is 21.3 Å². The third-order valence-electron chi connectivity index (χ3n) is 8.60. The highest BCUT2D eigenvalue weighted by Gasteiger charge is 2.26. The third kappa shape index (κ3) is 10.9. The van der Waals surface area contributed by atoms with E-state index >= 15 is 0 Å². The number of Topliss-reactive ketones (excluding diaryl/α,β-unsaturated/α-hetero) is 2. The number of hydrogen-bond donors (Lipinski definition) is 4. The molecule has 0 bridgehead atoms. The van der Waals surface area contributed by atoms with Gasteiger partial charge in [-0.1, -0.05) is 59.6 Å². The lowest BCUT2D eigenvalue weighted by Crippen LogP contribution is -2.33. The predicted octanol–water partition coefficient (Wildman–Crippen LogP) is 9.47. The number of carbonyl (C=O) groups is 6. The lowest BCUT2D eigenvalue weighted by molar-refractivity contribution is -0.127. The van der Waals surface area contributed by atoms with Crippen molar-refractivity contribution >= 4 is 92.5 Å². The zero-order valence-electron chi connectivity index (χ0n) is 31.5. The van der Waals surface area contributed by atoms with Gasteiger partial charge >= 0.3 is 0 Å². The maximum absolute atomic E-state index is 13.3. The van der Waals surface area contributed by atoms with Gasteiger partial charge in [-0.2, -0.15) is 20.5 Å². The van der Waals surface area contributed by atoms with Crippen LogP contribution in [0.3, 0.4) is 0 Å². The third-order valence-corrected chi connectivity index (χ3v) is 9.26. The lowest BCUT2D eigenvalue weighted by atomic mass is 10.0. The molecule has 0 heterocycles. The molecule has 2 atom stereocenters. The Balaban J connectivity index is 1.25. The van der Waals surface area contributed by atoms with Crippen molar-refractivity contribution in [2.45, 2.75) is 39.8 Å². The van der Waals surface area contributed by atoms with E-state index < -0.39 is 47.3 Å². The fourth-order valence-corrected chi connectivity index (χ4v) is 5.72. The van der Waals surface area contributed by atoms with E-state index in [0.717, 1.165) is 0 Å². The van der Waals surface area contributed by atoms with Crippen LogP contribution in [0.1, 0.15) is 45.7 Å². The van der Waals surface area contributed by atoms with Crippen LogP contribution >= 0.6 is 23.2 Å². The van der Waals surface area contributed by atoms with Crippen LogP contribution in [-0.2, 0) is 19.2 Å². The second kappa shape index (κ2) is 19.3. The number of ketones is 2. The minimum absolute atomic E-state index is 0.113. The fraction of sp³-hybridized carbons (Fsp3) is 0.143. The van der Waals surface area contributed by atoms with Gasteiger partial charge in [0.15, 0.2) is 11.6 Å². The Labute approximate surface area is 343 Å². The van der Waals surface area contributed by atoms with Gasteiger partial charge in [-0.25, -0.2) is 0 Å². The first kappa shape index (κ1) is 42.2. The minimum atomic E-state index is -1.53. The Bertz CT molecular complexity index is 2290. The second-order valence-corrected chi connectivity index (χ2v) is 13.6. The Kier molecular flexibility index (Phi) is 14.1. The van der Waals surface area contributed by atoms with Crippen LogP contribution in [-0.4, -0.2) is 47.3 Å². The highest BCUT2D eigenvalue weighted by molar-refractivity contribution is 6.35. The van der Waals surface area contributed by atoms with Gasteiger partial charge < -0.3 is 21.3 Å². The van der Waals surface area contributed by atoms with E-state index in [9.17, 15) is 28.8 Å². The summed E-state index contributed by atoms with van der Waals surface area (Å²) in [5.74, 6) is -3.70. The van der Waals surface area contributed by atoms with Gasteiger partial charge in [0.2, 0.25) is 12.1 Å². The van der Waals surface area contributed by atoms with Crippen molar-refractivity contribution in [2.75, 3.05) is 21.3 Å². The zero-order valence-corrected chi connectivity index (χ0v) is 33.1. The van der Waals surface area contributed by atoms with Gasteiger partial charge in [-0.15, -0.1) is 0 Å². The summed E-state index contributed by atoms with van der Waals surface area (Å²) in [6.07, 6.45) is 0. The number of halogens is 2. The molecule has 0 aliphatic rings. The molecule has 5 aromatic rings. The summed E-state index contributed by atoms with van der Waals surface area (Å²) in [5, 5.41) is 27.2. The molecular formula is C42H36Cl2N8O6. The monoisotopic (exact) mass is 818 g/mol. The Morgan fingerprint density at radius 2 is 0.862 bits per heavy atom. The van der Waals surface area contributed by atoms with Crippen molar-refractivity contribution < 1.29 is 28.8 Å². The maximum Gasteiger partial charge on any atom is 0.258 e. The first-order valence-corrected chi connectivity index (χ1v) is 18.3. The largest absolute Gasteiger partial charge is 0.324 e. The molecule has 0 radical (unpaired) electrons. The van der Waals surface area contributed by atoms with Gasteiger partial charge in [-0.05, 0) is 112 Å². The van der Waals surface area contributed by atoms with Crippen LogP contribution in [0.2, 0.25) is 10.0 Å². The number of azo groups is 2. The molecule has 0 aromatic heterocycles. The Morgan fingerprint density at radius 3 is 1.21 bits per heavy atom. The number of amides is 4. The fourth-order valence-electron chi connectivity index (χ4n) is 5.32. The van der Waals surface area contributed by atoms with Crippen molar-refractivity contribution in [1.82, 2.24) is 0 Å². The molecule has 0 saturated carbocycles. The summed E-state index contributed by atoms with van der Waals surface area (Å²) in [5.41, 5.74) is 3.44. The van der Waals surface area contributed by atoms with E-state index in [0.29, 0.717) is 33.9 Å². The van der Waals surface area contributed by atoms with Crippen molar-refractivity contribution in [1.29, 1.82) is 0 Å². The lowest BCUT2D eigenvalue weighted by Gasteiger charge is -2.17. The molecule has 2 unspecified atom stereocenters. The van der Waals surface area contributed by atoms with Gasteiger partial charge in [0.25, 0.3) is 23.6 Å². The van der Waals surface area contributed by atoms with Crippen LogP contribution in [0, 0.1) is 13.8 Å². The van der Waals surface area contributed by atoms with Crippen LogP contribution in [0.25, 0.3) is 0 Å². The maximum atomic E-state index is 13.3. The minimum Gasteiger partial charge on any atom is -0.324 e. The summed E-state index contributed by atoms with van der Waals surface area (Å²) in [6, 6.07) is 26.2. The molecule has 16 heteroatoms. The van der Waals surface area contributed by atoms with Gasteiger partial charge in [0.05, 0.1) is 32.5 Å². The number of nitrogens with one attached hydrogen (secondary N) is 4. The van der Waals surface area contributed by atoms with Crippen LogP contribution in [0.15, 0.2) is 130 Å². The topological polar surface area (TPSA) is 200 Å². The highest BCUT2D eigenvalue weighted by Crippen LogP contribution is 2.29. The smallest absolute Gasteiger partial charge is 0.258 e. The van der Waals surface area contributed by atoms with E-state index in [1.807, 2.05) is 12.1 Å². The normalized spacial score (nSPS) is 12.1. The van der Waals surface area contributed by atoms with Gasteiger partial charge in [-0.3, -0.25) is 28.8 Å². The number of nitrogens with zero attached hydrogens (tertiary/aromatic N) is 4. The van der Waals surface area contributed by atoms with Gasteiger partial charge in [0.1, 0.15) is 0 Å². The molecule has 4 amide bonds. The van der Waals surface area contributed by atoms with Crippen LogP contribution in [0.5, 0.6) is 0 Å². The number of carbonyl (C=O) groups excluding carboxylic acids is 6. The predicted molar refractivity (Wildman–Crippen MR) is 223 cm³/mol. The van der Waals surface area contributed by atoms with E-state index in [1.54, 1.807) is 62.4 Å². The van der Waals surface area contributed by atoms with Crippen LogP contribution in [0.4, 0.5) is 34.1 Å². The number of hydrogen-bond acceptors (Lipinski definition) is 10. The molecule has 294 valence electrons. The van der Waals surface area contributed by atoms with Crippen molar-refractivity contribution in [2.24, 2.45) is 20.5 Å². The van der Waals surface area contributed by atoms with Crippen molar-refractivity contribution in [3.63, 3.8) is 0 Å². The first-order chi connectivity index (χ1) is 27.7. The number of anilines is 4. The molecule has 14 nitrogen and oxygen atoms in total. The average Bonchev–Trinajstić information content (AvgIpc) is 3.19. The Hall–Kier alpha value is -6.90. The molecule has 5 rings (SSSR count). The highest BCUT2D eigenvalue weighted by atomic mass is 35.5. The summed E-state index contributed by atoms with van der Waals surface area (Å²) >= 11 is 12.5. The van der Waals surface area contributed by atoms with Gasteiger partial charge in [0, 0.05) is 22.7 Å². The molecule has 0 aliphatic heterocycles. The molecule has 5 aromatic carbocycles. The zero-order chi connectivity index (χ0) is 41.9. The quantitative estimate of drug-likeness (QED) is 0.0635. The number of rotatable bonds is 14. The summed E-state index contributed by atoms with van der Waals surface area (Å²) in [4.78, 5) is 77.4. The van der Waals surface area contributed by atoms with Crippen molar-refractivity contribution in [3.05, 3.63) is 141 Å². The second-order valence-electron chi connectivity index (χ2n) is 12.8. The Morgan fingerprint density at radius 1 is 0.500 bits per heavy atom. The number of benzene rings is 5. The van der Waals surface area contributed by atoms with E-state index in [4.69, 9.17) is 23.2 Å². The van der Waals surface area contributed by atoms with E-state index in [1.165, 1.54) is 62.4 Å². The summed E-state index contributed by atoms with van der Waals surface area (Å²) < 4.78 is 0. The molecule has 4 N–H and O–H groups in total. The SMILES string of the molecule is CC(=O)C(N=Nc1ccc(Cl)c(C(=O)Nc2ccccc2)c1)C(=O)Nc1ccc(NC(=O)C(N=Nc2ccc(Cl)c(C(=O)Nc3ccccc3)c2)C(C)=O)c(C)c1C. The van der Waals surface area contributed by atoms with E-state index in [2.05, 4.69) is 41.7 Å².